The average molecular weight is 376 g/mol. The molecule has 0 fully saturated rings. The van der Waals surface area contributed by atoms with E-state index in [9.17, 15) is 4.79 Å². The van der Waals surface area contributed by atoms with Crippen molar-refractivity contribution in [1.82, 2.24) is 19.9 Å². The molecule has 0 saturated heterocycles. The number of aryl methyl sites for hydroxylation is 1. The molecule has 0 atom stereocenters. The van der Waals surface area contributed by atoms with Crippen molar-refractivity contribution in [1.29, 1.82) is 0 Å². The third kappa shape index (κ3) is 3.34. The standard InChI is InChI=1S/C21H20N4O3/c1-3-15-11-17(21(26)22-13-14-7-4-5-8-18(14)27-2)23-20-12-16(24-25(15)20)19-9-6-10-28-19/h4-12H,3,13H2,1-2H3,(H,22,26). The predicted molar refractivity (Wildman–Crippen MR) is 104 cm³/mol. The van der Waals surface area contributed by atoms with E-state index in [0.29, 0.717) is 35.8 Å². The molecule has 0 aliphatic carbocycles. The van der Waals surface area contributed by atoms with E-state index in [1.165, 1.54) is 0 Å². The molecule has 3 heterocycles. The zero-order valence-corrected chi connectivity index (χ0v) is 15.7. The minimum absolute atomic E-state index is 0.246. The number of aromatic nitrogens is 3. The number of para-hydroxylation sites is 1. The lowest BCUT2D eigenvalue weighted by molar-refractivity contribution is 0.0945. The number of ether oxygens (including phenoxy) is 1. The highest BCUT2D eigenvalue weighted by molar-refractivity contribution is 5.93. The summed E-state index contributed by atoms with van der Waals surface area (Å²) in [6.07, 6.45) is 2.31. The van der Waals surface area contributed by atoms with Crippen molar-refractivity contribution in [3.8, 4) is 17.2 Å². The first-order chi connectivity index (χ1) is 13.7. The molecule has 0 radical (unpaired) electrons. The van der Waals surface area contributed by atoms with Crippen molar-refractivity contribution in [2.24, 2.45) is 0 Å². The summed E-state index contributed by atoms with van der Waals surface area (Å²) in [5, 5.41) is 7.47. The summed E-state index contributed by atoms with van der Waals surface area (Å²) in [6.45, 7) is 2.37. The summed E-state index contributed by atoms with van der Waals surface area (Å²) in [6, 6.07) is 14.8. The Morgan fingerprint density at radius 3 is 2.82 bits per heavy atom. The molecular weight excluding hydrogens is 356 g/mol. The highest BCUT2D eigenvalue weighted by atomic mass is 16.5. The fourth-order valence-electron chi connectivity index (χ4n) is 3.06. The number of benzene rings is 1. The van der Waals surface area contributed by atoms with E-state index >= 15 is 0 Å². The Kier molecular flexibility index (Phi) is 4.80. The van der Waals surface area contributed by atoms with E-state index in [4.69, 9.17) is 9.15 Å². The summed E-state index contributed by atoms with van der Waals surface area (Å²) in [4.78, 5) is 17.2. The van der Waals surface area contributed by atoms with Crippen LogP contribution in [0, 0.1) is 0 Å². The molecule has 3 aromatic heterocycles. The lowest BCUT2D eigenvalue weighted by Crippen LogP contribution is -2.24. The van der Waals surface area contributed by atoms with E-state index in [1.54, 1.807) is 24.0 Å². The molecule has 0 saturated carbocycles. The van der Waals surface area contributed by atoms with E-state index in [0.717, 1.165) is 17.0 Å². The van der Waals surface area contributed by atoms with Gasteiger partial charge in [-0.2, -0.15) is 5.10 Å². The Morgan fingerprint density at radius 1 is 1.21 bits per heavy atom. The van der Waals surface area contributed by atoms with Crippen LogP contribution in [0.4, 0.5) is 0 Å². The maximum absolute atomic E-state index is 12.7. The molecule has 7 heteroatoms. The van der Waals surface area contributed by atoms with Crippen LogP contribution in [0.1, 0.15) is 28.7 Å². The van der Waals surface area contributed by atoms with Crippen LogP contribution < -0.4 is 10.1 Å². The van der Waals surface area contributed by atoms with Crippen LogP contribution in [0.2, 0.25) is 0 Å². The molecule has 7 nitrogen and oxygen atoms in total. The second kappa shape index (κ2) is 7.56. The van der Waals surface area contributed by atoms with Gasteiger partial charge in [-0.1, -0.05) is 25.1 Å². The SMILES string of the molecule is CCc1cc(C(=O)NCc2ccccc2OC)nc2cc(-c3ccco3)nn12. The topological polar surface area (TPSA) is 81.7 Å². The molecule has 142 valence electrons. The maximum atomic E-state index is 12.7. The van der Waals surface area contributed by atoms with Gasteiger partial charge in [-0.25, -0.2) is 9.50 Å². The summed E-state index contributed by atoms with van der Waals surface area (Å²) >= 11 is 0. The van der Waals surface area contributed by atoms with Crippen LogP contribution in [-0.2, 0) is 13.0 Å². The van der Waals surface area contributed by atoms with Gasteiger partial charge in [0.25, 0.3) is 5.91 Å². The number of carbonyl (C=O) groups is 1. The Bertz CT molecular complexity index is 1120. The highest BCUT2D eigenvalue weighted by Gasteiger charge is 2.15. The van der Waals surface area contributed by atoms with Gasteiger partial charge in [0.05, 0.1) is 13.4 Å². The van der Waals surface area contributed by atoms with Crippen molar-refractivity contribution in [2.75, 3.05) is 7.11 Å². The van der Waals surface area contributed by atoms with Crippen LogP contribution >= 0.6 is 0 Å². The fourth-order valence-corrected chi connectivity index (χ4v) is 3.06. The van der Waals surface area contributed by atoms with Gasteiger partial charge < -0.3 is 14.5 Å². The molecule has 1 amide bonds. The van der Waals surface area contributed by atoms with Gasteiger partial charge >= 0.3 is 0 Å². The first-order valence-corrected chi connectivity index (χ1v) is 9.03. The molecule has 1 N–H and O–H groups in total. The largest absolute Gasteiger partial charge is 0.496 e. The minimum atomic E-state index is -0.246. The van der Waals surface area contributed by atoms with Crippen LogP contribution in [0.25, 0.3) is 17.1 Å². The third-order valence-corrected chi connectivity index (χ3v) is 4.50. The third-order valence-electron chi connectivity index (χ3n) is 4.50. The van der Waals surface area contributed by atoms with Gasteiger partial charge in [0.15, 0.2) is 11.4 Å². The van der Waals surface area contributed by atoms with Gasteiger partial charge in [0, 0.05) is 23.9 Å². The maximum Gasteiger partial charge on any atom is 0.270 e. The molecule has 28 heavy (non-hydrogen) atoms. The molecule has 0 bridgehead atoms. The normalized spacial score (nSPS) is 10.9. The van der Waals surface area contributed by atoms with E-state index < -0.39 is 0 Å². The summed E-state index contributed by atoms with van der Waals surface area (Å²) in [5.74, 6) is 1.15. The number of hydrogen-bond acceptors (Lipinski definition) is 5. The summed E-state index contributed by atoms with van der Waals surface area (Å²) in [5.41, 5.74) is 3.43. The lowest BCUT2D eigenvalue weighted by atomic mass is 10.2. The quantitative estimate of drug-likeness (QED) is 0.557. The number of nitrogens with one attached hydrogen (secondary N) is 1. The van der Waals surface area contributed by atoms with Gasteiger partial charge in [-0.15, -0.1) is 0 Å². The zero-order valence-electron chi connectivity index (χ0n) is 15.7. The van der Waals surface area contributed by atoms with Crippen LogP contribution in [-0.4, -0.2) is 27.6 Å². The minimum Gasteiger partial charge on any atom is -0.496 e. The monoisotopic (exact) mass is 376 g/mol. The summed E-state index contributed by atoms with van der Waals surface area (Å²) < 4.78 is 12.5. The number of methoxy groups -OCH3 is 1. The number of hydrogen-bond donors (Lipinski definition) is 1. The Balaban J connectivity index is 1.61. The number of amides is 1. The van der Waals surface area contributed by atoms with Crippen molar-refractivity contribution in [3.05, 3.63) is 71.7 Å². The summed E-state index contributed by atoms with van der Waals surface area (Å²) in [7, 11) is 1.61. The smallest absolute Gasteiger partial charge is 0.270 e. The van der Waals surface area contributed by atoms with E-state index in [-0.39, 0.29) is 5.91 Å². The average Bonchev–Trinajstić information content (AvgIpc) is 3.40. The van der Waals surface area contributed by atoms with Gasteiger partial charge in [-0.3, -0.25) is 4.79 Å². The number of nitrogens with zero attached hydrogens (tertiary/aromatic N) is 3. The number of rotatable bonds is 6. The fraction of sp³-hybridized carbons (Fsp3) is 0.190. The number of furan rings is 1. The van der Waals surface area contributed by atoms with Crippen molar-refractivity contribution in [3.63, 3.8) is 0 Å². The van der Waals surface area contributed by atoms with E-state index in [1.807, 2.05) is 49.4 Å². The van der Waals surface area contributed by atoms with Gasteiger partial charge in [-0.05, 0) is 30.7 Å². The van der Waals surface area contributed by atoms with Crippen LogP contribution in [0.5, 0.6) is 5.75 Å². The Morgan fingerprint density at radius 2 is 2.07 bits per heavy atom. The number of fused-ring (bicyclic) bond motifs is 1. The predicted octanol–water partition coefficient (Wildman–Crippen LogP) is 3.49. The van der Waals surface area contributed by atoms with E-state index in [2.05, 4.69) is 15.4 Å². The highest BCUT2D eigenvalue weighted by Crippen LogP contribution is 2.21. The zero-order chi connectivity index (χ0) is 19.5. The molecular formula is C21H20N4O3. The Hall–Kier alpha value is -3.61. The van der Waals surface area contributed by atoms with Crippen LogP contribution in [0.15, 0.2) is 59.2 Å². The van der Waals surface area contributed by atoms with Gasteiger partial charge in [0.2, 0.25) is 0 Å². The van der Waals surface area contributed by atoms with Gasteiger partial charge in [0.1, 0.15) is 17.1 Å². The van der Waals surface area contributed by atoms with Crippen molar-refractivity contribution >= 4 is 11.6 Å². The molecule has 1 aromatic carbocycles. The van der Waals surface area contributed by atoms with Crippen LogP contribution in [0.3, 0.4) is 0 Å². The Labute approximate surface area is 162 Å². The second-order valence-electron chi connectivity index (χ2n) is 6.26. The molecule has 0 unspecified atom stereocenters. The second-order valence-corrected chi connectivity index (χ2v) is 6.26. The van der Waals surface area contributed by atoms with Crippen molar-refractivity contribution in [2.45, 2.75) is 19.9 Å². The number of carbonyl (C=O) groups excluding carboxylic acids is 1. The molecule has 0 spiro atoms. The lowest BCUT2D eigenvalue weighted by Gasteiger charge is -2.10. The van der Waals surface area contributed by atoms with Crippen molar-refractivity contribution < 1.29 is 13.9 Å². The first kappa shape index (κ1) is 17.8. The first-order valence-electron chi connectivity index (χ1n) is 9.03. The molecule has 4 aromatic rings. The molecule has 4 rings (SSSR count). The molecule has 0 aliphatic heterocycles. The molecule has 0 aliphatic rings.